The molecule has 0 atom stereocenters. The highest BCUT2D eigenvalue weighted by Gasteiger charge is 1.98. The minimum absolute atomic E-state index is 1.25. The number of hydrogen-bond donors (Lipinski definition) is 1. The van der Waals surface area contributed by atoms with Crippen LogP contribution < -0.4 is 14.0 Å². The summed E-state index contributed by atoms with van der Waals surface area (Å²) < 4.78 is 32.7. The Hall–Kier alpha value is 0.130. The van der Waals surface area contributed by atoms with E-state index in [-0.39, 0.29) is 0 Å². The Kier molecular flexibility index (Phi) is 7.25. The van der Waals surface area contributed by atoms with Crippen molar-refractivity contribution in [1.29, 1.82) is 0 Å². The molecule has 5 heteroatoms. The normalized spacial score (nSPS) is 9.75. The van der Waals surface area contributed by atoms with Gasteiger partial charge in [-0.15, -0.1) is 0 Å². The van der Waals surface area contributed by atoms with Gasteiger partial charge < -0.3 is 0 Å². The van der Waals surface area contributed by atoms with Crippen molar-refractivity contribution in [2.45, 2.75) is 20.3 Å². The topological polar surface area (TPSA) is 89.4 Å². The van der Waals surface area contributed by atoms with Crippen LogP contribution in [0.4, 0.5) is 0 Å². The van der Waals surface area contributed by atoms with Gasteiger partial charge in [0.2, 0.25) is 0 Å². The second-order valence-corrected chi connectivity index (χ2v) is 1.90. The second-order valence-electron chi connectivity index (χ2n) is 1.10. The van der Waals surface area contributed by atoms with Crippen LogP contribution in [0.15, 0.2) is 0 Å². The van der Waals surface area contributed by atoms with Gasteiger partial charge in [0.1, 0.15) is 0 Å². The van der Waals surface area contributed by atoms with Gasteiger partial charge in [0.25, 0.3) is 0 Å². The molecule has 52 valence electrons. The molecule has 0 aliphatic carbocycles. The van der Waals surface area contributed by atoms with Crippen LogP contribution in [0.2, 0.25) is 0 Å². The van der Waals surface area contributed by atoms with Crippen molar-refractivity contribution in [3.8, 4) is 0 Å². The van der Waals surface area contributed by atoms with Crippen molar-refractivity contribution < 1.29 is 28.9 Å². The van der Waals surface area contributed by atoms with E-state index in [0.717, 1.165) is 0 Å². The average molecular weight is 145 g/mol. The molecule has 0 aliphatic rings. The highest BCUT2D eigenvalue weighted by Crippen LogP contribution is 1.60. The SMILES string of the molecule is CCC.[O-][Cl+3]([O-])([O-])O. The fourth-order valence-corrected chi connectivity index (χ4v) is 0. The summed E-state index contributed by atoms with van der Waals surface area (Å²) in [5.74, 6) is 0. The van der Waals surface area contributed by atoms with Crippen molar-refractivity contribution >= 4 is 0 Å². The molecule has 0 amide bonds. The zero-order valence-corrected chi connectivity index (χ0v) is 5.51. The summed E-state index contributed by atoms with van der Waals surface area (Å²) >= 11 is 0. The fourth-order valence-electron chi connectivity index (χ4n) is 0. The molecule has 0 aromatic heterocycles. The number of hydrogen-bond acceptors (Lipinski definition) is 4. The molecular formula is C3H9ClO4. The van der Waals surface area contributed by atoms with Gasteiger partial charge in [-0.05, 0) is 0 Å². The standard InChI is InChI=1S/C3H8.ClHO4/c1-3-2;2-1(3,4)5/h3H2,1-2H3;(H,2,3,4,5). The molecule has 0 aliphatic heterocycles. The van der Waals surface area contributed by atoms with Crippen molar-refractivity contribution in [3.63, 3.8) is 0 Å². The molecular weight excluding hydrogens is 135 g/mol. The van der Waals surface area contributed by atoms with Crippen molar-refractivity contribution in [2.75, 3.05) is 0 Å². The average Bonchev–Trinajstić information content (AvgIpc) is 1.27. The van der Waals surface area contributed by atoms with Crippen LogP contribution in [0.1, 0.15) is 20.3 Å². The minimum atomic E-state index is -4.69. The van der Waals surface area contributed by atoms with Crippen molar-refractivity contribution in [1.82, 2.24) is 0 Å². The van der Waals surface area contributed by atoms with Crippen LogP contribution in [-0.2, 0) is 0 Å². The Morgan fingerprint density at radius 3 is 1.25 bits per heavy atom. The van der Waals surface area contributed by atoms with E-state index in [0.29, 0.717) is 0 Å². The lowest BCUT2D eigenvalue weighted by atomic mass is 10.6. The summed E-state index contributed by atoms with van der Waals surface area (Å²) in [5, 5.41) is 0. The third kappa shape index (κ3) is 9550. The van der Waals surface area contributed by atoms with Crippen LogP contribution in [0, 0.1) is 10.2 Å². The van der Waals surface area contributed by atoms with Gasteiger partial charge in [-0.3, -0.25) is 0 Å². The molecule has 0 aromatic carbocycles. The number of halogens is 1. The third-order valence-corrected chi connectivity index (χ3v) is 0. The molecule has 0 spiro atoms. The summed E-state index contributed by atoms with van der Waals surface area (Å²) in [7, 11) is -4.69. The summed E-state index contributed by atoms with van der Waals surface area (Å²) in [6.07, 6.45) is 1.25. The lowest BCUT2D eigenvalue weighted by molar-refractivity contribution is -1.92. The van der Waals surface area contributed by atoms with E-state index in [1.807, 2.05) is 0 Å². The predicted octanol–water partition coefficient (Wildman–Crippen LogP) is -2.71. The van der Waals surface area contributed by atoms with Gasteiger partial charge in [0.15, 0.2) is 0 Å². The molecule has 0 saturated carbocycles. The quantitative estimate of drug-likeness (QED) is 0.400. The first-order valence-corrected chi connectivity index (χ1v) is 3.31. The van der Waals surface area contributed by atoms with E-state index in [9.17, 15) is 0 Å². The van der Waals surface area contributed by atoms with Gasteiger partial charge in [-0.1, -0.05) is 20.3 Å². The second kappa shape index (κ2) is 5.27. The molecule has 4 nitrogen and oxygen atoms in total. The summed E-state index contributed by atoms with van der Waals surface area (Å²) in [6.45, 7) is 4.25. The van der Waals surface area contributed by atoms with Gasteiger partial charge in [-0.2, -0.15) is 14.0 Å². The molecule has 0 fully saturated rings. The molecule has 0 radical (unpaired) electrons. The maximum atomic E-state index is 8.60. The zero-order chi connectivity index (χ0) is 7.21. The number of rotatable bonds is 0. The molecule has 1 N–H and O–H groups in total. The smallest absolute Gasteiger partial charge is 0.0777 e. The Balaban J connectivity index is 0. The molecule has 0 aromatic rings. The van der Waals surface area contributed by atoms with Gasteiger partial charge in [0, 0.05) is 0 Å². The first-order chi connectivity index (χ1) is 3.41. The van der Waals surface area contributed by atoms with Gasteiger partial charge in [0.05, 0.1) is 14.9 Å². The summed E-state index contributed by atoms with van der Waals surface area (Å²) in [4.78, 5) is 0. The van der Waals surface area contributed by atoms with Crippen molar-refractivity contribution in [3.05, 3.63) is 0 Å². The first kappa shape index (κ1) is 11.0. The Bertz CT molecular complexity index is 35.0. The van der Waals surface area contributed by atoms with Gasteiger partial charge in [-0.25, -0.2) is 0 Å². The van der Waals surface area contributed by atoms with Crippen LogP contribution in [0.25, 0.3) is 0 Å². The predicted molar refractivity (Wildman–Crippen MR) is 18.2 cm³/mol. The van der Waals surface area contributed by atoms with Crippen molar-refractivity contribution in [2.24, 2.45) is 0 Å². The van der Waals surface area contributed by atoms with Crippen LogP contribution in [0.5, 0.6) is 0 Å². The lowest BCUT2D eigenvalue weighted by Gasteiger charge is -2.03. The maximum Gasteiger partial charge on any atom is 0.0777 e. The van der Waals surface area contributed by atoms with Crippen LogP contribution in [0.3, 0.4) is 0 Å². The molecule has 0 heterocycles. The largest absolute Gasteiger partial charge is 0.183 e. The molecule has 8 heavy (non-hydrogen) atoms. The van der Waals surface area contributed by atoms with Crippen LogP contribution in [-0.4, -0.2) is 4.66 Å². The first-order valence-electron chi connectivity index (χ1n) is 2.05. The van der Waals surface area contributed by atoms with E-state index in [1.165, 1.54) is 6.42 Å². The summed E-state index contributed by atoms with van der Waals surface area (Å²) in [6, 6.07) is 0. The maximum absolute atomic E-state index is 8.60. The molecule has 0 bridgehead atoms. The van der Waals surface area contributed by atoms with E-state index in [2.05, 4.69) is 13.8 Å². The van der Waals surface area contributed by atoms with E-state index < -0.39 is 10.2 Å². The monoisotopic (exact) mass is 144 g/mol. The minimum Gasteiger partial charge on any atom is -0.183 e. The molecule has 0 saturated heterocycles. The summed E-state index contributed by atoms with van der Waals surface area (Å²) in [5.41, 5.74) is 0. The van der Waals surface area contributed by atoms with E-state index >= 15 is 0 Å². The Labute approximate surface area is 50.1 Å². The fraction of sp³-hybridized carbons (Fsp3) is 1.00. The third-order valence-electron chi connectivity index (χ3n) is 0. The Morgan fingerprint density at radius 1 is 1.25 bits per heavy atom. The molecule has 0 rings (SSSR count). The van der Waals surface area contributed by atoms with E-state index in [4.69, 9.17) is 18.6 Å². The highest BCUT2D eigenvalue weighted by molar-refractivity contribution is 3.92. The Morgan fingerprint density at radius 2 is 1.25 bits per heavy atom. The van der Waals surface area contributed by atoms with Gasteiger partial charge >= 0.3 is 0 Å². The zero-order valence-electron chi connectivity index (χ0n) is 4.76. The lowest BCUT2D eigenvalue weighted by Crippen LogP contribution is -2.58. The van der Waals surface area contributed by atoms with Crippen LogP contribution >= 0.6 is 0 Å². The molecule has 0 unspecified atom stereocenters. The highest BCUT2D eigenvalue weighted by atomic mass is 35.7. The van der Waals surface area contributed by atoms with E-state index in [1.54, 1.807) is 0 Å².